The average Bonchev–Trinajstić information content (AvgIpc) is 2.59. The van der Waals surface area contributed by atoms with E-state index in [-0.39, 0.29) is 17.5 Å². The molecule has 4 nitrogen and oxygen atoms in total. The molecule has 0 aliphatic heterocycles. The van der Waals surface area contributed by atoms with Crippen molar-refractivity contribution < 1.29 is 18.7 Å². The van der Waals surface area contributed by atoms with E-state index >= 15 is 0 Å². The van der Waals surface area contributed by atoms with Gasteiger partial charge in [-0.05, 0) is 36.1 Å². The van der Waals surface area contributed by atoms with Crippen LogP contribution in [0.2, 0.25) is 5.02 Å². The Morgan fingerprint density at radius 2 is 2.12 bits per heavy atom. The summed E-state index contributed by atoms with van der Waals surface area (Å²) < 4.78 is 26.5. The van der Waals surface area contributed by atoms with E-state index in [1.54, 1.807) is 18.3 Å². The van der Waals surface area contributed by atoms with Crippen LogP contribution in [0.1, 0.15) is 41.7 Å². The summed E-state index contributed by atoms with van der Waals surface area (Å²) in [6.45, 7) is -0.0104. The van der Waals surface area contributed by atoms with Crippen LogP contribution in [0.5, 0.6) is 0 Å². The molecule has 7 heteroatoms. The van der Waals surface area contributed by atoms with Gasteiger partial charge in [0.2, 0.25) is 5.91 Å². The number of hydrogen-bond donors (Lipinski definition) is 2. The second-order valence-corrected chi connectivity index (χ2v) is 6.05. The lowest BCUT2D eigenvalue weighted by atomic mass is 9.83. The van der Waals surface area contributed by atoms with Gasteiger partial charge in [0.25, 0.3) is 0 Å². The van der Waals surface area contributed by atoms with Crippen molar-refractivity contribution in [1.29, 1.82) is 0 Å². The predicted molar refractivity (Wildman–Crippen MR) is 84.4 cm³/mol. The number of nitrogens with zero attached hydrogens (tertiary/aromatic N) is 1. The van der Waals surface area contributed by atoms with Crippen molar-refractivity contribution in [2.24, 2.45) is 0 Å². The SMILES string of the molecule is O=C(NCc1ccc(F)c(F)c1Cl)[C@H]1CC[C@H](O)c2ncccc21. The molecule has 0 saturated heterocycles. The van der Waals surface area contributed by atoms with Gasteiger partial charge in [0, 0.05) is 12.7 Å². The molecule has 0 radical (unpaired) electrons. The molecule has 2 atom stereocenters. The van der Waals surface area contributed by atoms with E-state index in [9.17, 15) is 18.7 Å². The zero-order chi connectivity index (χ0) is 17.3. The maximum Gasteiger partial charge on any atom is 0.227 e. The van der Waals surface area contributed by atoms with E-state index < -0.39 is 23.7 Å². The Balaban J connectivity index is 1.75. The molecule has 0 spiro atoms. The molecule has 0 fully saturated rings. The summed E-state index contributed by atoms with van der Waals surface area (Å²) in [5, 5.41) is 12.3. The highest BCUT2D eigenvalue weighted by Crippen LogP contribution is 2.36. The highest BCUT2D eigenvalue weighted by Gasteiger charge is 2.31. The van der Waals surface area contributed by atoms with E-state index in [1.807, 2.05) is 0 Å². The fourth-order valence-electron chi connectivity index (χ4n) is 2.90. The number of hydrogen-bond acceptors (Lipinski definition) is 3. The lowest BCUT2D eigenvalue weighted by Gasteiger charge is -2.27. The summed E-state index contributed by atoms with van der Waals surface area (Å²) in [5.74, 6) is -2.87. The molecule has 2 aromatic rings. The highest BCUT2D eigenvalue weighted by molar-refractivity contribution is 6.31. The van der Waals surface area contributed by atoms with Crippen LogP contribution in [-0.4, -0.2) is 16.0 Å². The number of aliphatic hydroxyl groups excluding tert-OH is 1. The Kier molecular flexibility index (Phi) is 4.78. The van der Waals surface area contributed by atoms with Crippen molar-refractivity contribution in [1.82, 2.24) is 10.3 Å². The third kappa shape index (κ3) is 3.12. The number of carbonyl (C=O) groups excluding carboxylic acids is 1. The molecule has 3 rings (SSSR count). The first-order valence-corrected chi connectivity index (χ1v) is 7.89. The minimum absolute atomic E-state index is 0.0104. The quantitative estimate of drug-likeness (QED) is 0.834. The Morgan fingerprint density at radius 1 is 1.33 bits per heavy atom. The number of rotatable bonds is 3. The number of benzene rings is 1. The molecule has 2 N–H and O–H groups in total. The van der Waals surface area contributed by atoms with Gasteiger partial charge >= 0.3 is 0 Å². The molecule has 0 saturated carbocycles. The second kappa shape index (κ2) is 6.83. The van der Waals surface area contributed by atoms with E-state index in [1.165, 1.54) is 6.07 Å². The molecular formula is C17H15ClF2N2O2. The van der Waals surface area contributed by atoms with Gasteiger partial charge in [-0.25, -0.2) is 8.78 Å². The number of carbonyl (C=O) groups is 1. The van der Waals surface area contributed by atoms with Gasteiger partial charge in [0.1, 0.15) is 0 Å². The molecule has 1 amide bonds. The molecule has 24 heavy (non-hydrogen) atoms. The van der Waals surface area contributed by atoms with Gasteiger partial charge in [-0.2, -0.15) is 0 Å². The fraction of sp³-hybridized carbons (Fsp3) is 0.294. The van der Waals surface area contributed by atoms with Crippen LogP contribution in [0, 0.1) is 11.6 Å². The van der Waals surface area contributed by atoms with Gasteiger partial charge in [-0.15, -0.1) is 0 Å². The summed E-state index contributed by atoms with van der Waals surface area (Å²) in [6, 6.07) is 5.78. The molecule has 1 aliphatic rings. The van der Waals surface area contributed by atoms with E-state index in [2.05, 4.69) is 10.3 Å². The molecule has 0 unspecified atom stereocenters. The Bertz CT molecular complexity index is 785. The zero-order valence-corrected chi connectivity index (χ0v) is 13.4. The molecule has 1 heterocycles. The van der Waals surface area contributed by atoms with Gasteiger partial charge in [0.05, 0.1) is 22.7 Å². The first-order valence-electron chi connectivity index (χ1n) is 7.52. The minimum atomic E-state index is -1.13. The molecule has 1 aliphatic carbocycles. The fourth-order valence-corrected chi connectivity index (χ4v) is 3.12. The normalized spacial score (nSPS) is 19.7. The van der Waals surface area contributed by atoms with Crippen molar-refractivity contribution in [2.45, 2.75) is 31.4 Å². The molecule has 1 aromatic carbocycles. The predicted octanol–water partition coefficient (Wildman–Crippen LogP) is 3.24. The summed E-state index contributed by atoms with van der Waals surface area (Å²) in [4.78, 5) is 16.6. The van der Waals surface area contributed by atoms with Gasteiger partial charge in [-0.3, -0.25) is 9.78 Å². The Labute approximate surface area is 142 Å². The largest absolute Gasteiger partial charge is 0.387 e. The van der Waals surface area contributed by atoms with E-state index in [0.29, 0.717) is 29.7 Å². The molecule has 0 bridgehead atoms. The van der Waals surface area contributed by atoms with Crippen LogP contribution in [0.15, 0.2) is 30.5 Å². The highest BCUT2D eigenvalue weighted by atomic mass is 35.5. The van der Waals surface area contributed by atoms with E-state index in [0.717, 1.165) is 6.07 Å². The van der Waals surface area contributed by atoms with Crippen LogP contribution in [0.3, 0.4) is 0 Å². The number of halogens is 3. The maximum absolute atomic E-state index is 13.5. The van der Waals surface area contributed by atoms with Crippen molar-refractivity contribution in [3.63, 3.8) is 0 Å². The number of pyridine rings is 1. The third-order valence-corrected chi connectivity index (χ3v) is 4.58. The first kappa shape index (κ1) is 16.8. The number of nitrogens with one attached hydrogen (secondary N) is 1. The number of aromatic nitrogens is 1. The lowest BCUT2D eigenvalue weighted by molar-refractivity contribution is -0.123. The number of aliphatic hydroxyl groups is 1. The van der Waals surface area contributed by atoms with Crippen molar-refractivity contribution in [3.05, 3.63) is 63.9 Å². The number of fused-ring (bicyclic) bond motifs is 1. The lowest BCUT2D eigenvalue weighted by Crippen LogP contribution is -2.32. The molecule has 126 valence electrons. The summed E-state index contributed by atoms with van der Waals surface area (Å²) in [6.07, 6.45) is 1.82. The Morgan fingerprint density at radius 3 is 2.92 bits per heavy atom. The smallest absolute Gasteiger partial charge is 0.227 e. The molecular weight excluding hydrogens is 338 g/mol. The van der Waals surface area contributed by atoms with Crippen molar-refractivity contribution >= 4 is 17.5 Å². The van der Waals surface area contributed by atoms with Gasteiger partial charge < -0.3 is 10.4 Å². The summed E-state index contributed by atoms with van der Waals surface area (Å²) in [5.41, 5.74) is 1.49. The molecule has 1 aromatic heterocycles. The topological polar surface area (TPSA) is 62.2 Å². The van der Waals surface area contributed by atoms with Crippen molar-refractivity contribution in [3.8, 4) is 0 Å². The first-order chi connectivity index (χ1) is 11.5. The average molecular weight is 353 g/mol. The number of amides is 1. The van der Waals surface area contributed by atoms with Crippen LogP contribution >= 0.6 is 11.6 Å². The Hall–Kier alpha value is -2.05. The second-order valence-electron chi connectivity index (χ2n) is 5.68. The van der Waals surface area contributed by atoms with Crippen molar-refractivity contribution in [2.75, 3.05) is 0 Å². The maximum atomic E-state index is 13.5. The standard InChI is InChI=1S/C17H15ClF2N2O2/c18-14-9(3-5-12(19)15(14)20)8-22-17(24)11-4-6-13(23)16-10(11)2-1-7-21-16/h1-3,5,7,11,13,23H,4,6,8H2,(H,22,24)/t11-,13-/m0/s1. The van der Waals surface area contributed by atoms with Crippen LogP contribution in [0.25, 0.3) is 0 Å². The monoisotopic (exact) mass is 352 g/mol. The van der Waals surface area contributed by atoms with Gasteiger partial charge in [-0.1, -0.05) is 23.7 Å². The zero-order valence-electron chi connectivity index (χ0n) is 12.6. The minimum Gasteiger partial charge on any atom is -0.387 e. The third-order valence-electron chi connectivity index (χ3n) is 4.18. The summed E-state index contributed by atoms with van der Waals surface area (Å²) >= 11 is 5.76. The van der Waals surface area contributed by atoms with Crippen LogP contribution in [0.4, 0.5) is 8.78 Å². The van der Waals surface area contributed by atoms with Gasteiger partial charge in [0.15, 0.2) is 11.6 Å². The van der Waals surface area contributed by atoms with Crippen LogP contribution < -0.4 is 5.32 Å². The van der Waals surface area contributed by atoms with E-state index in [4.69, 9.17) is 11.6 Å². The van der Waals surface area contributed by atoms with Crippen LogP contribution in [-0.2, 0) is 11.3 Å². The summed E-state index contributed by atoms with van der Waals surface area (Å²) in [7, 11) is 0.